The van der Waals surface area contributed by atoms with E-state index < -0.39 is 0 Å². The van der Waals surface area contributed by atoms with Gasteiger partial charge in [0.05, 0.1) is 0 Å². The fourth-order valence-electron chi connectivity index (χ4n) is 2.28. The highest BCUT2D eigenvalue weighted by atomic mass is 16.5. The molecule has 0 saturated heterocycles. The summed E-state index contributed by atoms with van der Waals surface area (Å²) in [6.45, 7) is 7.26. The highest BCUT2D eigenvalue weighted by Gasteiger charge is 2.08. The molecule has 2 unspecified atom stereocenters. The third-order valence-electron chi connectivity index (χ3n) is 3.68. The van der Waals surface area contributed by atoms with Crippen molar-refractivity contribution in [3.63, 3.8) is 0 Å². The average molecular weight is 283 g/mol. The molecule has 0 spiro atoms. The maximum Gasteiger partial charge on any atom is 0.119 e. The zero-order valence-corrected chi connectivity index (χ0v) is 13.2. The molecule has 0 fully saturated rings. The normalized spacial score (nSPS) is 13.7. The van der Waals surface area contributed by atoms with E-state index in [-0.39, 0.29) is 6.10 Å². The molecule has 0 aliphatic carbocycles. The Labute approximate surface area is 128 Å². The molecule has 2 heteroatoms. The van der Waals surface area contributed by atoms with Gasteiger partial charge in [-0.25, -0.2) is 0 Å². The van der Waals surface area contributed by atoms with E-state index in [0.717, 1.165) is 18.7 Å². The lowest BCUT2D eigenvalue weighted by molar-refractivity contribution is 0.212. The fourth-order valence-corrected chi connectivity index (χ4v) is 2.28. The zero-order chi connectivity index (χ0) is 15.1. The summed E-state index contributed by atoms with van der Waals surface area (Å²) in [7, 11) is 0. The van der Waals surface area contributed by atoms with Gasteiger partial charge in [-0.3, -0.25) is 0 Å². The number of ether oxygens (including phenoxy) is 1. The standard InChI is InChI=1S/C19H25NO/c1-4-17-10-12-19(13-11-17)21-15(2)14-20-16(3)18-8-6-5-7-9-18/h5-13,15-16,20H,4,14H2,1-3H3. The summed E-state index contributed by atoms with van der Waals surface area (Å²) in [6.07, 6.45) is 1.20. The van der Waals surface area contributed by atoms with Gasteiger partial charge in [0.25, 0.3) is 0 Å². The summed E-state index contributed by atoms with van der Waals surface area (Å²) in [5, 5.41) is 3.52. The predicted molar refractivity (Wildman–Crippen MR) is 88.8 cm³/mol. The van der Waals surface area contributed by atoms with Crippen molar-refractivity contribution in [2.75, 3.05) is 6.54 Å². The van der Waals surface area contributed by atoms with Crippen molar-refractivity contribution in [3.8, 4) is 5.75 Å². The summed E-state index contributed by atoms with van der Waals surface area (Å²) in [4.78, 5) is 0. The lowest BCUT2D eigenvalue weighted by Gasteiger charge is -2.19. The Morgan fingerprint density at radius 2 is 1.62 bits per heavy atom. The highest BCUT2D eigenvalue weighted by Crippen LogP contribution is 2.15. The van der Waals surface area contributed by atoms with Crippen LogP contribution in [0.5, 0.6) is 5.75 Å². The van der Waals surface area contributed by atoms with Crippen molar-refractivity contribution in [3.05, 3.63) is 65.7 Å². The molecule has 1 N–H and O–H groups in total. The Morgan fingerprint density at radius 3 is 2.24 bits per heavy atom. The van der Waals surface area contributed by atoms with Crippen LogP contribution < -0.4 is 10.1 Å². The maximum atomic E-state index is 5.94. The molecule has 0 radical (unpaired) electrons. The highest BCUT2D eigenvalue weighted by molar-refractivity contribution is 5.27. The first kappa shape index (κ1) is 15.6. The van der Waals surface area contributed by atoms with E-state index >= 15 is 0 Å². The molecule has 21 heavy (non-hydrogen) atoms. The van der Waals surface area contributed by atoms with Crippen LogP contribution in [0.2, 0.25) is 0 Å². The quantitative estimate of drug-likeness (QED) is 0.815. The van der Waals surface area contributed by atoms with Crippen molar-refractivity contribution < 1.29 is 4.74 Å². The second-order valence-electron chi connectivity index (χ2n) is 5.47. The summed E-state index contributed by atoms with van der Waals surface area (Å²) < 4.78 is 5.94. The second-order valence-corrected chi connectivity index (χ2v) is 5.47. The fraction of sp³-hybridized carbons (Fsp3) is 0.368. The summed E-state index contributed by atoms with van der Waals surface area (Å²) in [5.74, 6) is 0.939. The molecular weight excluding hydrogens is 258 g/mol. The number of aryl methyl sites for hydroxylation is 1. The Kier molecular flexibility index (Phi) is 5.82. The Balaban J connectivity index is 1.80. The first-order valence-electron chi connectivity index (χ1n) is 7.73. The molecule has 2 aromatic carbocycles. The second kappa shape index (κ2) is 7.84. The molecule has 0 heterocycles. The van der Waals surface area contributed by atoms with E-state index in [0.29, 0.717) is 6.04 Å². The van der Waals surface area contributed by atoms with E-state index in [2.05, 4.69) is 74.6 Å². The summed E-state index contributed by atoms with van der Waals surface area (Å²) in [5.41, 5.74) is 2.64. The third-order valence-corrected chi connectivity index (χ3v) is 3.68. The zero-order valence-electron chi connectivity index (χ0n) is 13.2. The van der Waals surface area contributed by atoms with Crippen LogP contribution in [0.15, 0.2) is 54.6 Å². The molecule has 2 nitrogen and oxygen atoms in total. The lowest BCUT2D eigenvalue weighted by Crippen LogP contribution is -2.30. The molecule has 0 amide bonds. The molecule has 0 bridgehead atoms. The van der Waals surface area contributed by atoms with Gasteiger partial charge in [-0.2, -0.15) is 0 Å². The van der Waals surface area contributed by atoms with Gasteiger partial charge in [-0.1, -0.05) is 49.4 Å². The number of nitrogens with one attached hydrogen (secondary N) is 1. The van der Waals surface area contributed by atoms with Crippen LogP contribution in [0, 0.1) is 0 Å². The Bertz CT molecular complexity index is 521. The van der Waals surface area contributed by atoms with Crippen molar-refractivity contribution in [2.24, 2.45) is 0 Å². The van der Waals surface area contributed by atoms with Crippen molar-refractivity contribution in [1.29, 1.82) is 0 Å². The molecule has 0 aliphatic heterocycles. The van der Waals surface area contributed by atoms with E-state index in [1.807, 2.05) is 6.07 Å². The van der Waals surface area contributed by atoms with Gasteiger partial charge in [0.2, 0.25) is 0 Å². The van der Waals surface area contributed by atoms with Crippen molar-refractivity contribution in [1.82, 2.24) is 5.32 Å². The number of rotatable bonds is 7. The first-order chi connectivity index (χ1) is 10.2. The van der Waals surface area contributed by atoms with Crippen LogP contribution in [0.25, 0.3) is 0 Å². The van der Waals surface area contributed by atoms with Crippen molar-refractivity contribution >= 4 is 0 Å². The van der Waals surface area contributed by atoms with Gasteiger partial charge in [0, 0.05) is 12.6 Å². The van der Waals surface area contributed by atoms with Gasteiger partial charge in [-0.05, 0) is 43.5 Å². The number of hydrogen-bond donors (Lipinski definition) is 1. The molecule has 112 valence electrons. The van der Waals surface area contributed by atoms with Crippen molar-refractivity contribution in [2.45, 2.75) is 39.3 Å². The Morgan fingerprint density at radius 1 is 0.952 bits per heavy atom. The monoisotopic (exact) mass is 283 g/mol. The molecule has 0 aliphatic rings. The van der Waals surface area contributed by atoms with Gasteiger partial charge in [0.1, 0.15) is 11.9 Å². The largest absolute Gasteiger partial charge is 0.489 e. The molecule has 0 aromatic heterocycles. The Hall–Kier alpha value is -1.80. The van der Waals surface area contributed by atoms with Crippen LogP contribution in [-0.2, 0) is 6.42 Å². The molecule has 2 aromatic rings. The van der Waals surface area contributed by atoms with Crippen LogP contribution in [-0.4, -0.2) is 12.6 Å². The number of benzene rings is 2. The summed E-state index contributed by atoms with van der Waals surface area (Å²) >= 11 is 0. The van der Waals surface area contributed by atoms with Crippen LogP contribution in [0.1, 0.15) is 37.9 Å². The lowest BCUT2D eigenvalue weighted by atomic mass is 10.1. The van der Waals surface area contributed by atoms with Crippen LogP contribution >= 0.6 is 0 Å². The molecule has 0 saturated carbocycles. The third kappa shape index (κ3) is 4.91. The SMILES string of the molecule is CCc1ccc(OC(C)CNC(C)c2ccccc2)cc1. The molecule has 2 rings (SSSR count). The molecular formula is C19H25NO. The summed E-state index contributed by atoms with van der Waals surface area (Å²) in [6, 6.07) is 19.2. The van der Waals surface area contributed by atoms with Crippen LogP contribution in [0.4, 0.5) is 0 Å². The van der Waals surface area contributed by atoms with Crippen LogP contribution in [0.3, 0.4) is 0 Å². The molecule has 2 atom stereocenters. The number of hydrogen-bond acceptors (Lipinski definition) is 2. The predicted octanol–water partition coefficient (Wildman–Crippen LogP) is 4.37. The van der Waals surface area contributed by atoms with Gasteiger partial charge < -0.3 is 10.1 Å². The van der Waals surface area contributed by atoms with Gasteiger partial charge in [-0.15, -0.1) is 0 Å². The topological polar surface area (TPSA) is 21.3 Å². The minimum absolute atomic E-state index is 0.142. The minimum atomic E-state index is 0.142. The minimum Gasteiger partial charge on any atom is -0.489 e. The van der Waals surface area contributed by atoms with E-state index in [9.17, 15) is 0 Å². The average Bonchev–Trinajstić information content (AvgIpc) is 2.54. The van der Waals surface area contributed by atoms with E-state index in [1.54, 1.807) is 0 Å². The maximum absolute atomic E-state index is 5.94. The smallest absolute Gasteiger partial charge is 0.119 e. The first-order valence-corrected chi connectivity index (χ1v) is 7.73. The van der Waals surface area contributed by atoms with E-state index in [4.69, 9.17) is 4.74 Å². The van der Waals surface area contributed by atoms with Gasteiger partial charge in [0.15, 0.2) is 0 Å². The van der Waals surface area contributed by atoms with Gasteiger partial charge >= 0.3 is 0 Å². The van der Waals surface area contributed by atoms with E-state index in [1.165, 1.54) is 11.1 Å².